The topological polar surface area (TPSA) is 41.9 Å². The molecule has 2 aliphatic rings. The number of anilines is 1. The average Bonchev–Trinajstić information content (AvgIpc) is 3.04. The van der Waals surface area contributed by atoms with E-state index >= 15 is 0 Å². The van der Waals surface area contributed by atoms with Gasteiger partial charge in [-0.15, -0.1) is 0 Å². The van der Waals surface area contributed by atoms with Crippen LogP contribution in [0.1, 0.15) is 54.4 Å². The zero-order valence-electron chi connectivity index (χ0n) is 13.1. The van der Waals surface area contributed by atoms with Crippen LogP contribution >= 0.6 is 0 Å². The quantitative estimate of drug-likeness (QED) is 0.851. The zero-order valence-corrected chi connectivity index (χ0v) is 13.1. The van der Waals surface area contributed by atoms with Gasteiger partial charge in [0.15, 0.2) is 0 Å². The Balaban J connectivity index is 1.76. The number of aromatic nitrogens is 3. The van der Waals surface area contributed by atoms with Crippen molar-refractivity contribution in [3.8, 4) is 0 Å². The molecular formula is C18H22N4. The number of rotatable bonds is 2. The van der Waals surface area contributed by atoms with Crippen molar-refractivity contribution >= 4 is 5.82 Å². The molecule has 0 N–H and O–H groups in total. The van der Waals surface area contributed by atoms with Crippen LogP contribution in [0.3, 0.4) is 0 Å². The van der Waals surface area contributed by atoms with Gasteiger partial charge in [0.2, 0.25) is 0 Å². The molecule has 0 bridgehead atoms. The van der Waals surface area contributed by atoms with E-state index in [1.807, 2.05) is 25.4 Å². The smallest absolute Gasteiger partial charge is 0.136 e. The first kappa shape index (κ1) is 13.7. The van der Waals surface area contributed by atoms with Crippen LogP contribution in [0.2, 0.25) is 0 Å². The number of fused-ring (bicyclic) bond motifs is 1. The van der Waals surface area contributed by atoms with Crippen LogP contribution in [0.4, 0.5) is 5.82 Å². The summed E-state index contributed by atoms with van der Waals surface area (Å²) in [5, 5.41) is 0. The molecule has 4 rings (SSSR count). The lowest BCUT2D eigenvalue weighted by Gasteiger charge is -2.30. The van der Waals surface area contributed by atoms with Gasteiger partial charge in [0.05, 0.1) is 6.04 Å². The molecule has 1 saturated heterocycles. The maximum absolute atomic E-state index is 4.84. The number of hydrogen-bond acceptors (Lipinski definition) is 4. The normalized spacial score (nSPS) is 21.0. The summed E-state index contributed by atoms with van der Waals surface area (Å²) in [5.41, 5.74) is 3.99. The van der Waals surface area contributed by atoms with Gasteiger partial charge in [-0.2, -0.15) is 0 Å². The van der Waals surface area contributed by atoms with Crippen LogP contribution < -0.4 is 4.90 Å². The highest BCUT2D eigenvalue weighted by atomic mass is 15.2. The fourth-order valence-corrected chi connectivity index (χ4v) is 3.87. The molecule has 2 aromatic heterocycles. The third kappa shape index (κ3) is 2.36. The lowest BCUT2D eigenvalue weighted by molar-refractivity contribution is 0.641. The minimum absolute atomic E-state index is 0.411. The van der Waals surface area contributed by atoms with Gasteiger partial charge in [-0.25, -0.2) is 9.97 Å². The maximum Gasteiger partial charge on any atom is 0.136 e. The Hall–Kier alpha value is -1.97. The largest absolute Gasteiger partial charge is 0.349 e. The first-order valence-corrected chi connectivity index (χ1v) is 8.36. The van der Waals surface area contributed by atoms with Crippen molar-refractivity contribution in [2.75, 3.05) is 11.4 Å². The Bertz CT molecular complexity index is 668. The molecule has 2 aromatic rings. The van der Waals surface area contributed by atoms with E-state index in [-0.39, 0.29) is 0 Å². The van der Waals surface area contributed by atoms with Crippen molar-refractivity contribution in [1.29, 1.82) is 0 Å². The minimum Gasteiger partial charge on any atom is -0.349 e. The molecule has 0 saturated carbocycles. The molecule has 4 nitrogen and oxygen atoms in total. The minimum atomic E-state index is 0.411. The van der Waals surface area contributed by atoms with E-state index in [1.54, 1.807) is 0 Å². The molecule has 0 amide bonds. The van der Waals surface area contributed by atoms with Crippen molar-refractivity contribution in [1.82, 2.24) is 15.0 Å². The predicted molar refractivity (Wildman–Crippen MR) is 87.0 cm³/mol. The number of aryl methyl sites for hydroxylation is 2. The molecule has 114 valence electrons. The molecule has 1 unspecified atom stereocenters. The van der Waals surface area contributed by atoms with Crippen LogP contribution in [0.25, 0.3) is 0 Å². The Morgan fingerprint density at radius 2 is 2.05 bits per heavy atom. The summed E-state index contributed by atoms with van der Waals surface area (Å²) in [7, 11) is 0. The van der Waals surface area contributed by atoms with Crippen molar-refractivity contribution < 1.29 is 0 Å². The predicted octanol–water partition coefficient (Wildman–Crippen LogP) is 3.40. The van der Waals surface area contributed by atoms with E-state index in [0.717, 1.165) is 25.2 Å². The molecule has 3 heterocycles. The second kappa shape index (κ2) is 5.67. The second-order valence-electron chi connectivity index (χ2n) is 6.36. The second-order valence-corrected chi connectivity index (χ2v) is 6.36. The third-order valence-electron chi connectivity index (χ3n) is 4.87. The van der Waals surface area contributed by atoms with Gasteiger partial charge in [0, 0.05) is 30.2 Å². The average molecular weight is 294 g/mol. The van der Waals surface area contributed by atoms with Gasteiger partial charge in [-0.1, -0.05) is 6.07 Å². The summed E-state index contributed by atoms with van der Waals surface area (Å²) in [4.78, 5) is 16.3. The molecule has 0 aromatic carbocycles. The van der Waals surface area contributed by atoms with Gasteiger partial charge in [-0.05, 0) is 57.1 Å². The van der Waals surface area contributed by atoms with Crippen LogP contribution in [-0.4, -0.2) is 21.5 Å². The standard InChI is InChI=1S/C18H22N4/c1-13-20-16-8-3-2-7-15(16)18(21-13)22-11-5-9-17(22)14-6-4-10-19-12-14/h4,6,10,12,17H,2-3,5,7-9,11H2,1H3. The van der Waals surface area contributed by atoms with Crippen molar-refractivity contribution in [3.63, 3.8) is 0 Å². The SMILES string of the molecule is Cc1nc2c(c(N3CCCC3c3cccnc3)n1)CCCC2. The molecular weight excluding hydrogens is 272 g/mol. The van der Waals surface area contributed by atoms with Crippen LogP contribution in [0.5, 0.6) is 0 Å². The molecule has 0 spiro atoms. The lowest BCUT2D eigenvalue weighted by Crippen LogP contribution is -2.27. The Morgan fingerprint density at radius 1 is 1.14 bits per heavy atom. The molecule has 1 aliphatic carbocycles. The maximum atomic E-state index is 4.84. The number of pyridine rings is 1. The van der Waals surface area contributed by atoms with E-state index in [0.29, 0.717) is 6.04 Å². The summed E-state index contributed by atoms with van der Waals surface area (Å²) >= 11 is 0. The van der Waals surface area contributed by atoms with E-state index in [2.05, 4.69) is 16.0 Å². The van der Waals surface area contributed by atoms with E-state index in [9.17, 15) is 0 Å². The first-order valence-electron chi connectivity index (χ1n) is 8.36. The van der Waals surface area contributed by atoms with Gasteiger partial charge in [0.25, 0.3) is 0 Å². The van der Waals surface area contributed by atoms with E-state index in [4.69, 9.17) is 9.97 Å². The number of hydrogen-bond donors (Lipinski definition) is 0. The highest BCUT2D eigenvalue weighted by Gasteiger charge is 2.30. The van der Waals surface area contributed by atoms with Gasteiger partial charge >= 0.3 is 0 Å². The van der Waals surface area contributed by atoms with E-state index < -0.39 is 0 Å². The van der Waals surface area contributed by atoms with Gasteiger partial charge in [0.1, 0.15) is 11.6 Å². The Labute approximate surface area is 131 Å². The fourth-order valence-electron chi connectivity index (χ4n) is 3.87. The Kier molecular flexibility index (Phi) is 3.53. The third-order valence-corrected chi connectivity index (χ3v) is 4.87. The van der Waals surface area contributed by atoms with Crippen molar-refractivity contribution in [2.45, 2.75) is 51.5 Å². The van der Waals surface area contributed by atoms with Gasteiger partial charge in [-0.3, -0.25) is 4.98 Å². The lowest BCUT2D eigenvalue weighted by atomic mass is 9.95. The zero-order chi connectivity index (χ0) is 14.9. The summed E-state index contributed by atoms with van der Waals surface area (Å²) in [6.07, 6.45) is 11.0. The van der Waals surface area contributed by atoms with Crippen molar-refractivity contribution in [2.24, 2.45) is 0 Å². The van der Waals surface area contributed by atoms with Crippen LogP contribution in [-0.2, 0) is 12.8 Å². The summed E-state index contributed by atoms with van der Waals surface area (Å²) in [6, 6.07) is 4.64. The number of nitrogens with zero attached hydrogens (tertiary/aromatic N) is 4. The highest BCUT2D eigenvalue weighted by molar-refractivity contribution is 5.53. The molecule has 22 heavy (non-hydrogen) atoms. The van der Waals surface area contributed by atoms with Gasteiger partial charge < -0.3 is 4.90 Å². The molecule has 4 heteroatoms. The first-order chi connectivity index (χ1) is 10.8. The fraction of sp³-hybridized carbons (Fsp3) is 0.500. The van der Waals surface area contributed by atoms with Crippen LogP contribution in [0, 0.1) is 6.92 Å². The molecule has 1 aliphatic heterocycles. The van der Waals surface area contributed by atoms with E-state index in [1.165, 1.54) is 48.3 Å². The molecule has 1 atom stereocenters. The molecule has 0 radical (unpaired) electrons. The van der Waals surface area contributed by atoms with Crippen molar-refractivity contribution in [3.05, 3.63) is 47.2 Å². The molecule has 1 fully saturated rings. The summed E-state index contributed by atoms with van der Waals surface area (Å²) in [5.74, 6) is 2.10. The van der Waals surface area contributed by atoms with Crippen LogP contribution in [0.15, 0.2) is 24.5 Å². The summed E-state index contributed by atoms with van der Waals surface area (Å²) in [6.45, 7) is 3.11. The highest BCUT2D eigenvalue weighted by Crippen LogP contribution is 2.38. The Morgan fingerprint density at radius 3 is 2.91 bits per heavy atom. The monoisotopic (exact) mass is 294 g/mol. The summed E-state index contributed by atoms with van der Waals surface area (Å²) < 4.78 is 0.